The van der Waals surface area contributed by atoms with E-state index in [9.17, 15) is 4.79 Å². The summed E-state index contributed by atoms with van der Waals surface area (Å²) in [5.41, 5.74) is 3.87. The average molecular weight is 443 g/mol. The number of carbonyl (C=O) groups excluding carboxylic acids is 1. The number of carbonyl (C=O) groups is 1. The lowest BCUT2D eigenvalue weighted by Crippen LogP contribution is -2.37. The van der Waals surface area contributed by atoms with Crippen LogP contribution in [0.3, 0.4) is 0 Å². The topological polar surface area (TPSA) is 55.1 Å². The quantitative estimate of drug-likeness (QED) is 0.329. The first-order chi connectivity index (χ1) is 15.6. The van der Waals surface area contributed by atoms with Gasteiger partial charge in [0.05, 0.1) is 17.0 Å². The third kappa shape index (κ3) is 5.29. The number of aryl methyl sites for hydroxylation is 1. The first kappa shape index (κ1) is 21.9. The molecule has 0 aliphatic carbocycles. The Morgan fingerprint density at radius 2 is 1.53 bits per heavy atom. The van der Waals surface area contributed by atoms with E-state index >= 15 is 0 Å². The summed E-state index contributed by atoms with van der Waals surface area (Å²) in [5, 5.41) is 7.18. The number of hydrogen-bond donors (Lipinski definition) is 1. The molecule has 0 radical (unpaired) electrons. The maximum atomic E-state index is 13.3. The van der Waals surface area contributed by atoms with E-state index in [0.29, 0.717) is 11.3 Å². The summed E-state index contributed by atoms with van der Waals surface area (Å²) in [5.74, 6) is 1.39. The molecule has 1 heterocycles. The van der Waals surface area contributed by atoms with E-state index in [1.54, 1.807) is 11.8 Å². The van der Waals surface area contributed by atoms with Gasteiger partial charge in [-0.3, -0.25) is 4.79 Å². The second-order valence-electron chi connectivity index (χ2n) is 7.78. The molecule has 0 aliphatic rings. The molecule has 1 aromatic heterocycles. The minimum Gasteiger partial charge on any atom is -0.360 e. The SMILES string of the molecule is Cc1cc(CSc2ccccc2C(=O)NC(C)C(c2ccccc2)c2ccccc2)on1. The first-order valence-electron chi connectivity index (χ1n) is 10.7. The van der Waals surface area contributed by atoms with Gasteiger partial charge in [0.1, 0.15) is 5.76 Å². The van der Waals surface area contributed by atoms with Gasteiger partial charge in [-0.2, -0.15) is 0 Å². The molecule has 0 aliphatic heterocycles. The molecule has 3 aromatic carbocycles. The predicted octanol–water partition coefficient (Wildman–Crippen LogP) is 6.23. The van der Waals surface area contributed by atoms with Gasteiger partial charge in [-0.05, 0) is 37.1 Å². The normalized spacial score (nSPS) is 12.0. The molecule has 32 heavy (non-hydrogen) atoms. The molecule has 5 heteroatoms. The van der Waals surface area contributed by atoms with Crippen LogP contribution >= 0.6 is 11.8 Å². The minimum atomic E-state index is -0.0951. The monoisotopic (exact) mass is 442 g/mol. The molecule has 4 aromatic rings. The molecule has 162 valence electrons. The van der Waals surface area contributed by atoms with Crippen molar-refractivity contribution >= 4 is 17.7 Å². The smallest absolute Gasteiger partial charge is 0.252 e. The molecule has 4 nitrogen and oxygen atoms in total. The highest BCUT2D eigenvalue weighted by Crippen LogP contribution is 2.30. The summed E-state index contributed by atoms with van der Waals surface area (Å²) in [6.07, 6.45) is 0. The van der Waals surface area contributed by atoms with E-state index in [2.05, 4.69) is 41.7 Å². The van der Waals surface area contributed by atoms with E-state index in [1.165, 1.54) is 11.1 Å². The number of hydrogen-bond acceptors (Lipinski definition) is 4. The van der Waals surface area contributed by atoms with Gasteiger partial charge >= 0.3 is 0 Å². The van der Waals surface area contributed by atoms with Crippen LogP contribution in [-0.2, 0) is 5.75 Å². The molecule has 1 amide bonds. The first-order valence-corrected chi connectivity index (χ1v) is 11.6. The second-order valence-corrected chi connectivity index (χ2v) is 8.80. The van der Waals surface area contributed by atoms with Gasteiger partial charge in [-0.1, -0.05) is 78.0 Å². The van der Waals surface area contributed by atoms with Gasteiger partial charge in [0, 0.05) is 22.9 Å². The van der Waals surface area contributed by atoms with Crippen LogP contribution in [-0.4, -0.2) is 17.1 Å². The van der Waals surface area contributed by atoms with Crippen molar-refractivity contribution in [1.29, 1.82) is 0 Å². The largest absolute Gasteiger partial charge is 0.360 e. The van der Waals surface area contributed by atoms with Crippen LogP contribution in [0, 0.1) is 6.92 Å². The van der Waals surface area contributed by atoms with Gasteiger partial charge in [0.2, 0.25) is 0 Å². The molecule has 4 rings (SSSR count). The minimum absolute atomic E-state index is 0.0540. The molecular formula is C27H26N2O2S. The molecule has 0 spiro atoms. The van der Waals surface area contributed by atoms with Crippen molar-refractivity contribution < 1.29 is 9.32 Å². The van der Waals surface area contributed by atoms with Crippen molar-refractivity contribution in [1.82, 2.24) is 10.5 Å². The number of amides is 1. The number of rotatable bonds is 8. The van der Waals surface area contributed by atoms with Gasteiger partial charge in [0.25, 0.3) is 5.91 Å². The van der Waals surface area contributed by atoms with E-state index in [-0.39, 0.29) is 17.9 Å². The molecule has 0 fully saturated rings. The molecule has 0 saturated heterocycles. The maximum Gasteiger partial charge on any atom is 0.252 e. The highest BCUT2D eigenvalue weighted by molar-refractivity contribution is 7.98. The average Bonchev–Trinajstić information content (AvgIpc) is 3.24. The van der Waals surface area contributed by atoms with Crippen molar-refractivity contribution in [3.05, 3.63) is 119 Å². The fourth-order valence-electron chi connectivity index (χ4n) is 3.87. The van der Waals surface area contributed by atoms with Crippen molar-refractivity contribution in [2.24, 2.45) is 0 Å². The van der Waals surface area contributed by atoms with Crippen molar-refractivity contribution in [2.45, 2.75) is 36.5 Å². The lowest BCUT2D eigenvalue weighted by atomic mass is 9.85. The number of nitrogens with one attached hydrogen (secondary N) is 1. The molecule has 1 N–H and O–H groups in total. The van der Waals surface area contributed by atoms with Gasteiger partial charge in [0.15, 0.2) is 0 Å². The zero-order valence-electron chi connectivity index (χ0n) is 18.2. The zero-order valence-corrected chi connectivity index (χ0v) is 19.0. The van der Waals surface area contributed by atoms with Crippen LogP contribution in [0.1, 0.15) is 45.8 Å². The van der Waals surface area contributed by atoms with Crippen LogP contribution in [0.2, 0.25) is 0 Å². The Bertz CT molecular complexity index is 1120. The van der Waals surface area contributed by atoms with E-state index in [1.807, 2.05) is 73.7 Å². The summed E-state index contributed by atoms with van der Waals surface area (Å²) >= 11 is 1.58. The second kappa shape index (κ2) is 10.3. The Morgan fingerprint density at radius 3 is 2.12 bits per heavy atom. The third-order valence-corrected chi connectivity index (χ3v) is 6.45. The molecule has 1 unspecified atom stereocenters. The predicted molar refractivity (Wildman–Crippen MR) is 129 cm³/mol. The molecule has 1 atom stereocenters. The summed E-state index contributed by atoms with van der Waals surface area (Å²) in [6, 6.07) is 30.1. The molecule has 0 bridgehead atoms. The van der Waals surface area contributed by atoms with E-state index < -0.39 is 0 Å². The van der Waals surface area contributed by atoms with Crippen LogP contribution < -0.4 is 5.32 Å². The Hall–Kier alpha value is -3.31. The zero-order chi connectivity index (χ0) is 22.3. The Labute approximate surface area is 193 Å². The van der Waals surface area contributed by atoms with Gasteiger partial charge < -0.3 is 9.84 Å². The Kier molecular flexibility index (Phi) is 7.07. The summed E-state index contributed by atoms with van der Waals surface area (Å²) < 4.78 is 5.31. The van der Waals surface area contributed by atoms with Crippen LogP contribution in [0.15, 0.2) is 100 Å². The van der Waals surface area contributed by atoms with Crippen LogP contribution in [0.25, 0.3) is 0 Å². The highest BCUT2D eigenvalue weighted by Gasteiger charge is 2.24. The van der Waals surface area contributed by atoms with E-state index in [0.717, 1.165) is 16.3 Å². The van der Waals surface area contributed by atoms with Gasteiger partial charge in [-0.25, -0.2) is 0 Å². The number of aromatic nitrogens is 1. The van der Waals surface area contributed by atoms with Gasteiger partial charge in [-0.15, -0.1) is 11.8 Å². The summed E-state index contributed by atoms with van der Waals surface area (Å²) in [6.45, 7) is 3.96. The lowest BCUT2D eigenvalue weighted by molar-refractivity contribution is 0.0934. The third-order valence-electron chi connectivity index (χ3n) is 5.35. The molecule has 0 saturated carbocycles. The Morgan fingerprint density at radius 1 is 0.938 bits per heavy atom. The van der Waals surface area contributed by atoms with E-state index in [4.69, 9.17) is 4.52 Å². The lowest BCUT2D eigenvalue weighted by Gasteiger charge is -2.26. The van der Waals surface area contributed by atoms with Crippen LogP contribution in [0.4, 0.5) is 0 Å². The van der Waals surface area contributed by atoms with Crippen LogP contribution in [0.5, 0.6) is 0 Å². The molecular weight excluding hydrogens is 416 g/mol. The summed E-state index contributed by atoms with van der Waals surface area (Å²) in [4.78, 5) is 14.2. The number of thioether (sulfide) groups is 1. The maximum absolute atomic E-state index is 13.3. The number of benzene rings is 3. The fraction of sp³-hybridized carbons (Fsp3) is 0.185. The summed E-state index contributed by atoms with van der Waals surface area (Å²) in [7, 11) is 0. The Balaban J connectivity index is 1.53. The van der Waals surface area contributed by atoms with Crippen molar-refractivity contribution in [2.75, 3.05) is 0 Å². The van der Waals surface area contributed by atoms with Crippen molar-refractivity contribution in [3.8, 4) is 0 Å². The number of nitrogens with zero attached hydrogens (tertiary/aromatic N) is 1. The highest BCUT2D eigenvalue weighted by atomic mass is 32.2. The van der Waals surface area contributed by atoms with Crippen molar-refractivity contribution in [3.63, 3.8) is 0 Å². The standard InChI is InChI=1S/C27H26N2O2S/c1-19-17-23(31-29-19)18-32-25-16-10-9-15-24(25)27(30)28-20(2)26(21-11-5-3-6-12-21)22-13-7-4-8-14-22/h3-17,20,26H,18H2,1-2H3,(H,28,30). The fourth-order valence-corrected chi connectivity index (χ4v) is 4.80.